The summed E-state index contributed by atoms with van der Waals surface area (Å²) >= 11 is 0. The van der Waals surface area contributed by atoms with Crippen molar-refractivity contribution in [3.8, 4) is 5.69 Å². The molecular formula is C16H19N5O. The largest absolute Gasteiger partial charge is 0.378 e. The molecule has 1 aromatic heterocycles. The molecule has 6 heteroatoms. The molecule has 1 saturated heterocycles. The van der Waals surface area contributed by atoms with Crippen LogP contribution < -0.4 is 0 Å². The number of aryl methyl sites for hydroxylation is 1. The zero-order valence-corrected chi connectivity index (χ0v) is 12.7. The minimum absolute atomic E-state index is 0.564. The first-order valence-corrected chi connectivity index (χ1v) is 7.78. The summed E-state index contributed by atoms with van der Waals surface area (Å²) < 4.78 is 7.63. The van der Waals surface area contributed by atoms with Gasteiger partial charge in [-0.3, -0.25) is 9.56 Å². The summed E-state index contributed by atoms with van der Waals surface area (Å²) in [6.45, 7) is 5.95. The Morgan fingerprint density at radius 2 is 1.95 bits per heavy atom. The topological polar surface area (TPSA) is 55.5 Å². The van der Waals surface area contributed by atoms with Gasteiger partial charge in [-0.15, -0.1) is 10.2 Å². The number of hydrogen-bond acceptors (Lipinski definition) is 5. The van der Waals surface area contributed by atoms with E-state index in [2.05, 4.69) is 50.9 Å². The number of nitrogens with zero attached hydrogens (tertiary/aromatic N) is 5. The van der Waals surface area contributed by atoms with E-state index < -0.39 is 0 Å². The average Bonchev–Trinajstić information content (AvgIpc) is 2.92. The number of para-hydroxylation sites is 1. The highest BCUT2D eigenvalue weighted by Crippen LogP contribution is 2.24. The number of ether oxygens (including phenoxy) is 1. The van der Waals surface area contributed by atoms with Crippen molar-refractivity contribution in [3.05, 3.63) is 41.5 Å². The molecule has 2 aromatic rings. The van der Waals surface area contributed by atoms with Gasteiger partial charge in [0.1, 0.15) is 18.2 Å². The molecule has 6 nitrogen and oxygen atoms in total. The predicted molar refractivity (Wildman–Crippen MR) is 83.4 cm³/mol. The van der Waals surface area contributed by atoms with Gasteiger partial charge in [0.05, 0.1) is 18.9 Å². The normalized spacial score (nSPS) is 17.5. The van der Waals surface area contributed by atoms with Gasteiger partial charge in [-0.05, 0) is 12.1 Å². The summed E-state index contributed by atoms with van der Waals surface area (Å²) in [5.41, 5.74) is 2.28. The Morgan fingerprint density at radius 1 is 1.14 bits per heavy atom. The molecule has 0 amide bonds. The number of fused-ring (bicyclic) bond motifs is 3. The Balaban J connectivity index is 1.85. The van der Waals surface area contributed by atoms with Crippen LogP contribution in [0.15, 0.2) is 29.3 Å². The van der Waals surface area contributed by atoms with E-state index in [1.165, 1.54) is 0 Å². The molecule has 0 atom stereocenters. The van der Waals surface area contributed by atoms with Gasteiger partial charge >= 0.3 is 0 Å². The van der Waals surface area contributed by atoms with Crippen LogP contribution in [0, 0.1) is 0 Å². The smallest absolute Gasteiger partial charge is 0.159 e. The second-order valence-electron chi connectivity index (χ2n) is 5.48. The third-order valence-electron chi connectivity index (χ3n) is 4.18. The van der Waals surface area contributed by atoms with Crippen molar-refractivity contribution in [2.45, 2.75) is 19.9 Å². The molecule has 1 aromatic carbocycles. The maximum Gasteiger partial charge on any atom is 0.159 e. The molecule has 1 fully saturated rings. The van der Waals surface area contributed by atoms with E-state index in [0.717, 1.165) is 61.5 Å². The van der Waals surface area contributed by atoms with Gasteiger partial charge in [-0.2, -0.15) is 0 Å². The number of morpholine rings is 1. The van der Waals surface area contributed by atoms with Crippen LogP contribution in [0.4, 0.5) is 0 Å². The summed E-state index contributed by atoms with van der Waals surface area (Å²) in [4.78, 5) is 7.15. The number of aliphatic imine (C=N–C) groups is 1. The molecule has 0 N–H and O–H groups in total. The van der Waals surface area contributed by atoms with Crippen molar-refractivity contribution in [1.29, 1.82) is 0 Å². The van der Waals surface area contributed by atoms with E-state index in [4.69, 9.17) is 9.73 Å². The first-order chi connectivity index (χ1) is 10.9. The summed E-state index contributed by atoms with van der Waals surface area (Å²) in [6, 6.07) is 8.39. The van der Waals surface area contributed by atoms with Crippen LogP contribution in [0.1, 0.15) is 24.1 Å². The SMILES string of the molecule is CCc1nnc2n1-c1ccccc1C(N1CCOCC1)=NC2. The number of benzene rings is 1. The Bertz CT molecular complexity index is 715. The van der Waals surface area contributed by atoms with Crippen LogP contribution in [-0.4, -0.2) is 51.8 Å². The Hall–Kier alpha value is -2.21. The lowest BCUT2D eigenvalue weighted by atomic mass is 10.1. The lowest BCUT2D eigenvalue weighted by molar-refractivity contribution is 0.0682. The average molecular weight is 297 g/mol. The summed E-state index contributed by atoms with van der Waals surface area (Å²) in [5.74, 6) is 2.94. The molecule has 2 aliphatic heterocycles. The van der Waals surface area contributed by atoms with Crippen molar-refractivity contribution < 1.29 is 4.74 Å². The van der Waals surface area contributed by atoms with E-state index in [9.17, 15) is 0 Å². The number of hydrogen-bond donors (Lipinski definition) is 0. The minimum Gasteiger partial charge on any atom is -0.378 e. The van der Waals surface area contributed by atoms with Gasteiger partial charge in [0.15, 0.2) is 5.82 Å². The Morgan fingerprint density at radius 3 is 2.77 bits per heavy atom. The van der Waals surface area contributed by atoms with Crippen molar-refractivity contribution in [1.82, 2.24) is 19.7 Å². The molecule has 3 heterocycles. The third-order valence-corrected chi connectivity index (χ3v) is 4.18. The summed E-state index contributed by atoms with van der Waals surface area (Å²) in [7, 11) is 0. The molecule has 0 saturated carbocycles. The van der Waals surface area contributed by atoms with Gasteiger partial charge in [0.2, 0.25) is 0 Å². The van der Waals surface area contributed by atoms with Gasteiger partial charge < -0.3 is 9.64 Å². The molecule has 0 spiro atoms. The fraction of sp³-hybridized carbons (Fsp3) is 0.438. The predicted octanol–water partition coefficient (Wildman–Crippen LogP) is 1.42. The summed E-state index contributed by atoms with van der Waals surface area (Å²) in [5, 5.41) is 8.63. The zero-order chi connectivity index (χ0) is 14.9. The van der Waals surface area contributed by atoms with Gasteiger partial charge in [-0.1, -0.05) is 19.1 Å². The van der Waals surface area contributed by atoms with Gasteiger partial charge in [0.25, 0.3) is 0 Å². The fourth-order valence-corrected chi connectivity index (χ4v) is 3.10. The Labute approximate surface area is 129 Å². The molecule has 0 radical (unpaired) electrons. The second kappa shape index (κ2) is 5.53. The monoisotopic (exact) mass is 297 g/mol. The van der Waals surface area contributed by atoms with Crippen LogP contribution >= 0.6 is 0 Å². The molecule has 114 valence electrons. The van der Waals surface area contributed by atoms with Crippen LogP contribution in [0.3, 0.4) is 0 Å². The highest BCUT2D eigenvalue weighted by Gasteiger charge is 2.25. The van der Waals surface area contributed by atoms with Crippen molar-refractivity contribution in [2.75, 3.05) is 26.3 Å². The van der Waals surface area contributed by atoms with E-state index >= 15 is 0 Å². The van der Waals surface area contributed by atoms with Crippen LogP contribution in [0.25, 0.3) is 5.69 Å². The van der Waals surface area contributed by atoms with Crippen molar-refractivity contribution in [3.63, 3.8) is 0 Å². The van der Waals surface area contributed by atoms with Crippen LogP contribution in [-0.2, 0) is 17.7 Å². The number of aromatic nitrogens is 3. The molecule has 0 aliphatic carbocycles. The molecule has 22 heavy (non-hydrogen) atoms. The van der Waals surface area contributed by atoms with Crippen LogP contribution in [0.5, 0.6) is 0 Å². The molecule has 0 unspecified atom stereocenters. The Kier molecular flexibility index (Phi) is 3.38. The standard InChI is InChI=1S/C16H19N5O/c1-2-14-18-19-15-11-17-16(20-7-9-22-10-8-20)12-5-3-4-6-13(12)21(14)15/h3-6H,2,7-11H2,1H3. The highest BCUT2D eigenvalue weighted by molar-refractivity contribution is 6.02. The highest BCUT2D eigenvalue weighted by atomic mass is 16.5. The first-order valence-electron chi connectivity index (χ1n) is 7.78. The van der Waals surface area contributed by atoms with E-state index in [0.29, 0.717) is 6.54 Å². The molecule has 4 rings (SSSR count). The fourth-order valence-electron chi connectivity index (χ4n) is 3.10. The van der Waals surface area contributed by atoms with Gasteiger partial charge in [0, 0.05) is 25.1 Å². The molecule has 2 aliphatic rings. The van der Waals surface area contributed by atoms with Crippen molar-refractivity contribution in [2.24, 2.45) is 4.99 Å². The van der Waals surface area contributed by atoms with Gasteiger partial charge in [-0.25, -0.2) is 0 Å². The maximum atomic E-state index is 5.47. The maximum absolute atomic E-state index is 5.47. The molecule has 0 bridgehead atoms. The van der Waals surface area contributed by atoms with E-state index in [1.54, 1.807) is 0 Å². The lowest BCUT2D eigenvalue weighted by Gasteiger charge is -2.30. The summed E-state index contributed by atoms with van der Waals surface area (Å²) in [6.07, 6.45) is 0.855. The van der Waals surface area contributed by atoms with E-state index in [-0.39, 0.29) is 0 Å². The lowest BCUT2D eigenvalue weighted by Crippen LogP contribution is -2.41. The number of rotatable bonds is 1. The molecular weight excluding hydrogens is 278 g/mol. The van der Waals surface area contributed by atoms with E-state index in [1.807, 2.05) is 0 Å². The minimum atomic E-state index is 0.564. The van der Waals surface area contributed by atoms with Crippen molar-refractivity contribution >= 4 is 5.84 Å². The quantitative estimate of drug-likeness (QED) is 0.799. The zero-order valence-electron chi connectivity index (χ0n) is 12.7. The third kappa shape index (κ3) is 2.11. The van der Waals surface area contributed by atoms with Crippen LogP contribution in [0.2, 0.25) is 0 Å². The first kappa shape index (κ1) is 13.5. The second-order valence-corrected chi connectivity index (χ2v) is 5.48. The number of amidine groups is 1.